The second-order valence-electron chi connectivity index (χ2n) is 4.29. The molecule has 15 heavy (non-hydrogen) atoms. The molecule has 1 N–H and O–H groups in total. The van der Waals surface area contributed by atoms with Gasteiger partial charge in [-0.25, -0.2) is 0 Å². The van der Waals surface area contributed by atoms with Crippen LogP contribution in [0.2, 0.25) is 0 Å². The van der Waals surface area contributed by atoms with Crippen molar-refractivity contribution < 1.29 is 9.47 Å². The molecule has 0 spiro atoms. The molecular formula is C12H25NO2. The van der Waals surface area contributed by atoms with Gasteiger partial charge < -0.3 is 14.8 Å². The molecule has 1 unspecified atom stereocenters. The van der Waals surface area contributed by atoms with Gasteiger partial charge in [-0.2, -0.15) is 0 Å². The van der Waals surface area contributed by atoms with Crippen molar-refractivity contribution in [1.82, 2.24) is 5.32 Å². The van der Waals surface area contributed by atoms with Crippen molar-refractivity contribution in [3.05, 3.63) is 0 Å². The van der Waals surface area contributed by atoms with Crippen molar-refractivity contribution in [3.63, 3.8) is 0 Å². The molecule has 0 amide bonds. The Morgan fingerprint density at radius 2 is 2.00 bits per heavy atom. The van der Waals surface area contributed by atoms with Crippen LogP contribution in [0, 0.1) is 0 Å². The highest BCUT2D eigenvalue weighted by Crippen LogP contribution is 2.28. The van der Waals surface area contributed by atoms with Gasteiger partial charge in [0.05, 0.1) is 5.60 Å². The van der Waals surface area contributed by atoms with Crippen molar-refractivity contribution in [2.75, 3.05) is 26.4 Å². The van der Waals surface area contributed by atoms with Crippen LogP contribution in [0.15, 0.2) is 0 Å². The minimum Gasteiger partial charge on any atom is -0.381 e. The van der Waals surface area contributed by atoms with Gasteiger partial charge in [-0.3, -0.25) is 0 Å². The van der Waals surface area contributed by atoms with Crippen molar-refractivity contribution in [2.24, 2.45) is 0 Å². The van der Waals surface area contributed by atoms with Gasteiger partial charge in [0, 0.05) is 38.7 Å². The highest BCUT2D eigenvalue weighted by molar-refractivity contribution is 4.92. The second kappa shape index (κ2) is 6.46. The lowest BCUT2D eigenvalue weighted by Crippen LogP contribution is -2.54. The monoisotopic (exact) mass is 215 g/mol. The Bertz CT molecular complexity index is 161. The first-order valence-corrected chi connectivity index (χ1v) is 6.20. The lowest BCUT2D eigenvalue weighted by atomic mass is 9.86. The first kappa shape index (κ1) is 12.9. The summed E-state index contributed by atoms with van der Waals surface area (Å²) in [5.74, 6) is 0. The number of hydrogen-bond acceptors (Lipinski definition) is 3. The molecule has 1 heterocycles. The second-order valence-corrected chi connectivity index (χ2v) is 4.29. The van der Waals surface area contributed by atoms with Gasteiger partial charge in [-0.1, -0.05) is 6.92 Å². The Hall–Kier alpha value is -0.120. The maximum absolute atomic E-state index is 5.99. The van der Waals surface area contributed by atoms with Gasteiger partial charge in [-0.15, -0.1) is 0 Å². The molecule has 0 aliphatic carbocycles. The Balaban J connectivity index is 2.53. The van der Waals surface area contributed by atoms with Crippen LogP contribution in [0.1, 0.15) is 40.0 Å². The van der Waals surface area contributed by atoms with Crippen LogP contribution in [-0.4, -0.2) is 38.0 Å². The van der Waals surface area contributed by atoms with E-state index in [0.29, 0.717) is 6.04 Å². The van der Waals surface area contributed by atoms with Gasteiger partial charge in [0.25, 0.3) is 0 Å². The maximum atomic E-state index is 5.99. The molecule has 1 saturated heterocycles. The van der Waals surface area contributed by atoms with Crippen LogP contribution < -0.4 is 5.32 Å². The van der Waals surface area contributed by atoms with Crippen LogP contribution in [-0.2, 0) is 9.47 Å². The van der Waals surface area contributed by atoms with E-state index in [9.17, 15) is 0 Å². The van der Waals surface area contributed by atoms with E-state index >= 15 is 0 Å². The minimum absolute atomic E-state index is 0.00215. The molecule has 0 aromatic heterocycles. The summed E-state index contributed by atoms with van der Waals surface area (Å²) in [6, 6.07) is 0.418. The first-order valence-electron chi connectivity index (χ1n) is 6.20. The predicted octanol–water partition coefficient (Wildman–Crippen LogP) is 1.96. The third kappa shape index (κ3) is 3.44. The number of ether oxygens (including phenoxy) is 2. The molecule has 1 aliphatic rings. The molecule has 3 heteroatoms. The molecule has 0 radical (unpaired) electrons. The lowest BCUT2D eigenvalue weighted by molar-refractivity contribution is -0.123. The third-order valence-corrected chi connectivity index (χ3v) is 3.26. The molecule has 1 aliphatic heterocycles. The van der Waals surface area contributed by atoms with Gasteiger partial charge >= 0.3 is 0 Å². The van der Waals surface area contributed by atoms with E-state index in [1.807, 2.05) is 0 Å². The summed E-state index contributed by atoms with van der Waals surface area (Å²) < 4.78 is 11.4. The fourth-order valence-corrected chi connectivity index (χ4v) is 2.25. The molecule has 1 fully saturated rings. The Morgan fingerprint density at radius 1 is 1.33 bits per heavy atom. The zero-order valence-corrected chi connectivity index (χ0v) is 10.3. The standard InChI is InChI=1S/C12H25NO2/c1-4-8-13-11(3)12(15-5-2)6-9-14-10-7-12/h11,13H,4-10H2,1-3H3. The summed E-state index contributed by atoms with van der Waals surface area (Å²) in [6.45, 7) is 10.0. The van der Waals surface area contributed by atoms with E-state index in [1.165, 1.54) is 6.42 Å². The summed E-state index contributed by atoms with van der Waals surface area (Å²) in [4.78, 5) is 0. The number of hydrogen-bond donors (Lipinski definition) is 1. The summed E-state index contributed by atoms with van der Waals surface area (Å²) >= 11 is 0. The molecule has 0 aromatic rings. The highest BCUT2D eigenvalue weighted by Gasteiger charge is 2.38. The van der Waals surface area contributed by atoms with Crippen LogP contribution in [0.25, 0.3) is 0 Å². The predicted molar refractivity (Wildman–Crippen MR) is 62.2 cm³/mol. The van der Waals surface area contributed by atoms with Gasteiger partial charge in [-0.05, 0) is 26.8 Å². The average molecular weight is 215 g/mol. The maximum Gasteiger partial charge on any atom is 0.0875 e. The van der Waals surface area contributed by atoms with Crippen molar-refractivity contribution in [1.29, 1.82) is 0 Å². The van der Waals surface area contributed by atoms with Crippen molar-refractivity contribution in [2.45, 2.75) is 51.7 Å². The zero-order chi connectivity index (χ0) is 11.1. The van der Waals surface area contributed by atoms with Gasteiger partial charge in [0.15, 0.2) is 0 Å². The lowest BCUT2D eigenvalue weighted by Gasteiger charge is -2.42. The van der Waals surface area contributed by atoms with Crippen LogP contribution >= 0.6 is 0 Å². The average Bonchev–Trinajstić information content (AvgIpc) is 2.27. The summed E-state index contributed by atoms with van der Waals surface area (Å²) in [5.41, 5.74) is 0.00215. The van der Waals surface area contributed by atoms with E-state index in [2.05, 4.69) is 26.1 Å². The van der Waals surface area contributed by atoms with E-state index in [-0.39, 0.29) is 5.60 Å². The minimum atomic E-state index is 0.00215. The molecule has 0 aromatic carbocycles. The van der Waals surface area contributed by atoms with Gasteiger partial charge in [0.2, 0.25) is 0 Å². The van der Waals surface area contributed by atoms with Crippen LogP contribution in [0.4, 0.5) is 0 Å². The summed E-state index contributed by atoms with van der Waals surface area (Å²) in [6.07, 6.45) is 3.19. The summed E-state index contributed by atoms with van der Waals surface area (Å²) in [7, 11) is 0. The molecule has 0 bridgehead atoms. The molecule has 3 nitrogen and oxygen atoms in total. The van der Waals surface area contributed by atoms with E-state index in [1.54, 1.807) is 0 Å². The fourth-order valence-electron chi connectivity index (χ4n) is 2.25. The van der Waals surface area contributed by atoms with Crippen LogP contribution in [0.5, 0.6) is 0 Å². The van der Waals surface area contributed by atoms with E-state index in [4.69, 9.17) is 9.47 Å². The molecular weight excluding hydrogens is 190 g/mol. The molecule has 1 rings (SSSR count). The third-order valence-electron chi connectivity index (χ3n) is 3.26. The highest BCUT2D eigenvalue weighted by atomic mass is 16.5. The van der Waals surface area contributed by atoms with E-state index in [0.717, 1.165) is 39.2 Å². The molecule has 0 saturated carbocycles. The first-order chi connectivity index (χ1) is 7.25. The Labute approximate surface area is 93.5 Å². The Kier molecular flexibility index (Phi) is 5.58. The summed E-state index contributed by atoms with van der Waals surface area (Å²) in [5, 5.41) is 3.55. The number of rotatable bonds is 6. The zero-order valence-electron chi connectivity index (χ0n) is 10.3. The SMILES string of the molecule is CCCNC(C)C1(OCC)CCOCC1. The van der Waals surface area contributed by atoms with Crippen molar-refractivity contribution >= 4 is 0 Å². The van der Waals surface area contributed by atoms with Crippen LogP contribution in [0.3, 0.4) is 0 Å². The fraction of sp³-hybridized carbons (Fsp3) is 1.00. The quantitative estimate of drug-likeness (QED) is 0.734. The molecule has 90 valence electrons. The van der Waals surface area contributed by atoms with Crippen molar-refractivity contribution in [3.8, 4) is 0 Å². The topological polar surface area (TPSA) is 30.5 Å². The van der Waals surface area contributed by atoms with E-state index < -0.39 is 0 Å². The molecule has 1 atom stereocenters. The largest absolute Gasteiger partial charge is 0.381 e. The van der Waals surface area contributed by atoms with Gasteiger partial charge in [0.1, 0.15) is 0 Å². The smallest absolute Gasteiger partial charge is 0.0875 e. The normalized spacial score (nSPS) is 22.6. The number of nitrogens with one attached hydrogen (secondary N) is 1. The Morgan fingerprint density at radius 3 is 2.53 bits per heavy atom.